The molecule has 1 saturated heterocycles. The lowest BCUT2D eigenvalue weighted by molar-refractivity contribution is -0.0512. The molecule has 0 unspecified atom stereocenters. The maximum Gasteiger partial charge on any atom is 0.387 e. The van der Waals surface area contributed by atoms with Crippen LogP contribution in [0.4, 0.5) is 8.78 Å². The summed E-state index contributed by atoms with van der Waals surface area (Å²) in [4.78, 5) is 6.76. The van der Waals surface area contributed by atoms with Crippen molar-refractivity contribution in [2.75, 3.05) is 33.8 Å². The van der Waals surface area contributed by atoms with E-state index < -0.39 is 6.61 Å². The van der Waals surface area contributed by atoms with Gasteiger partial charge >= 0.3 is 6.61 Å². The molecule has 0 spiro atoms. The third-order valence-electron chi connectivity index (χ3n) is 5.03. The molecular weight excluding hydrogens is 493 g/mol. The number of benzene rings is 1. The van der Waals surface area contributed by atoms with Crippen molar-refractivity contribution in [2.45, 2.75) is 51.8 Å². The summed E-state index contributed by atoms with van der Waals surface area (Å²) in [6, 6.07) is 4.96. The fourth-order valence-electron chi connectivity index (χ4n) is 3.34. The number of nitrogens with zero attached hydrogens (tertiary/aromatic N) is 2. The first kappa shape index (κ1) is 25.7. The smallest absolute Gasteiger partial charge is 0.387 e. The van der Waals surface area contributed by atoms with Gasteiger partial charge < -0.3 is 20.1 Å². The van der Waals surface area contributed by atoms with Crippen LogP contribution in [0.2, 0.25) is 0 Å². The molecule has 0 saturated carbocycles. The predicted molar refractivity (Wildman–Crippen MR) is 123 cm³/mol. The van der Waals surface area contributed by atoms with E-state index in [1.165, 1.54) is 26.4 Å². The average Bonchev–Trinajstić information content (AvgIpc) is 2.68. The van der Waals surface area contributed by atoms with Gasteiger partial charge in [0.25, 0.3) is 0 Å². The number of halogens is 3. The molecule has 1 aliphatic rings. The quantitative estimate of drug-likeness (QED) is 0.306. The summed E-state index contributed by atoms with van der Waals surface area (Å²) >= 11 is 0. The Balaban J connectivity index is 0.00000420. The minimum atomic E-state index is -2.90. The third-order valence-corrected chi connectivity index (χ3v) is 5.03. The van der Waals surface area contributed by atoms with Crippen LogP contribution in [-0.4, -0.2) is 56.8 Å². The van der Waals surface area contributed by atoms with E-state index in [9.17, 15) is 8.78 Å². The van der Waals surface area contributed by atoms with Gasteiger partial charge in [-0.15, -0.1) is 24.0 Å². The summed E-state index contributed by atoms with van der Waals surface area (Å²) in [5.41, 5.74) is 0.811. The maximum absolute atomic E-state index is 12.6. The van der Waals surface area contributed by atoms with E-state index in [2.05, 4.69) is 39.1 Å². The Morgan fingerprint density at radius 3 is 2.45 bits per heavy atom. The normalized spacial score (nSPS) is 15.6. The molecule has 1 aromatic rings. The number of aliphatic imine (C=N–C) groups is 1. The molecule has 166 valence electrons. The van der Waals surface area contributed by atoms with E-state index in [0.29, 0.717) is 12.5 Å². The number of guanidine groups is 1. The molecule has 6 nitrogen and oxygen atoms in total. The first-order valence-corrected chi connectivity index (χ1v) is 9.67. The fraction of sp³-hybridized carbons (Fsp3) is 0.650. The van der Waals surface area contributed by atoms with Crippen LogP contribution in [0.25, 0.3) is 0 Å². The van der Waals surface area contributed by atoms with Crippen LogP contribution in [-0.2, 0) is 6.54 Å². The highest BCUT2D eigenvalue weighted by atomic mass is 127. The number of methoxy groups -OCH3 is 1. The van der Waals surface area contributed by atoms with E-state index in [1.807, 2.05) is 0 Å². The molecular formula is C20H33F2IN4O2. The first-order chi connectivity index (χ1) is 13.4. The topological polar surface area (TPSA) is 58.1 Å². The van der Waals surface area contributed by atoms with Crippen molar-refractivity contribution in [3.8, 4) is 11.5 Å². The second-order valence-corrected chi connectivity index (χ2v) is 7.50. The minimum Gasteiger partial charge on any atom is -0.493 e. The molecule has 0 aromatic heterocycles. The molecule has 2 rings (SSSR count). The Kier molecular flexibility index (Phi) is 10.9. The van der Waals surface area contributed by atoms with Gasteiger partial charge in [0.05, 0.1) is 7.11 Å². The van der Waals surface area contributed by atoms with Gasteiger partial charge in [0.1, 0.15) is 0 Å². The molecule has 9 heteroatoms. The monoisotopic (exact) mass is 526 g/mol. The Hall–Kier alpha value is -1.36. The Morgan fingerprint density at radius 1 is 1.17 bits per heavy atom. The van der Waals surface area contributed by atoms with E-state index in [1.54, 1.807) is 25.2 Å². The maximum atomic E-state index is 12.6. The Morgan fingerprint density at radius 2 is 1.86 bits per heavy atom. The van der Waals surface area contributed by atoms with Crippen molar-refractivity contribution >= 4 is 29.9 Å². The van der Waals surface area contributed by atoms with Crippen molar-refractivity contribution in [3.05, 3.63) is 23.8 Å². The molecule has 1 fully saturated rings. The van der Waals surface area contributed by atoms with Crippen molar-refractivity contribution < 1.29 is 18.3 Å². The van der Waals surface area contributed by atoms with E-state index in [0.717, 1.165) is 25.2 Å². The molecule has 0 radical (unpaired) electrons. The molecule has 0 bridgehead atoms. The number of likely N-dealkylation sites (tertiary alicyclic amines) is 1. The van der Waals surface area contributed by atoms with Crippen LogP contribution in [0.15, 0.2) is 23.2 Å². The summed E-state index contributed by atoms with van der Waals surface area (Å²) in [6.45, 7) is 5.00. The largest absolute Gasteiger partial charge is 0.493 e. The lowest BCUT2D eigenvalue weighted by Crippen LogP contribution is -2.54. The summed E-state index contributed by atoms with van der Waals surface area (Å²) in [5, 5.41) is 6.58. The highest BCUT2D eigenvalue weighted by Gasteiger charge is 2.27. The number of piperidine rings is 1. The second-order valence-electron chi connectivity index (χ2n) is 7.50. The first-order valence-electron chi connectivity index (χ1n) is 9.67. The third kappa shape index (κ3) is 8.12. The fourth-order valence-corrected chi connectivity index (χ4v) is 3.34. The Labute approximate surface area is 189 Å². The lowest BCUT2D eigenvalue weighted by atomic mass is 9.98. The number of ether oxygens (including phenoxy) is 2. The van der Waals surface area contributed by atoms with E-state index in [-0.39, 0.29) is 41.0 Å². The zero-order valence-corrected chi connectivity index (χ0v) is 20.0. The summed E-state index contributed by atoms with van der Waals surface area (Å²) < 4.78 is 34.7. The van der Waals surface area contributed by atoms with Crippen molar-refractivity contribution in [1.29, 1.82) is 0 Å². The lowest BCUT2D eigenvalue weighted by Gasteiger charge is -2.41. The number of alkyl halides is 2. The van der Waals surface area contributed by atoms with Gasteiger partial charge in [-0.05, 0) is 57.5 Å². The van der Waals surface area contributed by atoms with Gasteiger partial charge in [0, 0.05) is 25.7 Å². The van der Waals surface area contributed by atoms with Crippen LogP contribution in [0.5, 0.6) is 11.5 Å². The van der Waals surface area contributed by atoms with Gasteiger partial charge in [-0.1, -0.05) is 12.5 Å². The van der Waals surface area contributed by atoms with Crippen LogP contribution in [0.3, 0.4) is 0 Å². The summed E-state index contributed by atoms with van der Waals surface area (Å²) in [5.74, 6) is 0.957. The SMILES string of the molecule is CN=C(NCc1ccc(OC)c(OC(F)F)c1)NCC(C)(C)N1CCCCC1.I. The molecule has 0 atom stereocenters. The van der Waals surface area contributed by atoms with Gasteiger partial charge in [0.2, 0.25) is 0 Å². The standard InChI is InChI=1S/C20H32F2N4O2.HI/c1-20(2,26-10-6-5-7-11-26)14-25-19(23-3)24-13-15-8-9-16(27-4)17(12-15)28-18(21)22;/h8-9,12,18H,5-7,10-11,13-14H2,1-4H3,(H2,23,24,25);1H. The molecule has 0 aliphatic carbocycles. The van der Waals surface area contributed by atoms with Crippen LogP contribution < -0.4 is 20.1 Å². The average molecular weight is 526 g/mol. The number of nitrogens with one attached hydrogen (secondary N) is 2. The van der Waals surface area contributed by atoms with Gasteiger partial charge in [-0.3, -0.25) is 9.89 Å². The number of hydrogen-bond donors (Lipinski definition) is 2. The van der Waals surface area contributed by atoms with Gasteiger partial charge in [0.15, 0.2) is 17.5 Å². The highest BCUT2D eigenvalue weighted by Crippen LogP contribution is 2.29. The van der Waals surface area contributed by atoms with Crippen molar-refractivity contribution in [2.24, 2.45) is 4.99 Å². The highest BCUT2D eigenvalue weighted by molar-refractivity contribution is 14.0. The molecule has 2 N–H and O–H groups in total. The van der Waals surface area contributed by atoms with E-state index >= 15 is 0 Å². The molecule has 1 aliphatic heterocycles. The molecule has 29 heavy (non-hydrogen) atoms. The Bertz CT molecular complexity index is 653. The van der Waals surface area contributed by atoms with Gasteiger partial charge in [-0.25, -0.2) is 0 Å². The number of rotatable bonds is 8. The molecule has 1 heterocycles. The number of hydrogen-bond acceptors (Lipinski definition) is 4. The minimum absolute atomic E-state index is 0. The zero-order valence-electron chi connectivity index (χ0n) is 17.6. The molecule has 1 aromatic carbocycles. The van der Waals surface area contributed by atoms with Crippen LogP contribution in [0, 0.1) is 0 Å². The van der Waals surface area contributed by atoms with Crippen LogP contribution in [0.1, 0.15) is 38.7 Å². The molecule has 0 amide bonds. The van der Waals surface area contributed by atoms with Crippen molar-refractivity contribution in [1.82, 2.24) is 15.5 Å². The van der Waals surface area contributed by atoms with Crippen LogP contribution >= 0.6 is 24.0 Å². The summed E-state index contributed by atoms with van der Waals surface area (Å²) in [6.07, 6.45) is 3.80. The summed E-state index contributed by atoms with van der Waals surface area (Å²) in [7, 11) is 3.13. The predicted octanol–water partition coefficient (Wildman–Crippen LogP) is 3.84. The second kappa shape index (κ2) is 12.4. The zero-order chi connectivity index (χ0) is 20.6. The van der Waals surface area contributed by atoms with E-state index in [4.69, 9.17) is 4.74 Å². The van der Waals surface area contributed by atoms with Crippen molar-refractivity contribution in [3.63, 3.8) is 0 Å². The van der Waals surface area contributed by atoms with Gasteiger partial charge in [-0.2, -0.15) is 8.78 Å².